The van der Waals surface area contributed by atoms with Crippen LogP contribution in [0.3, 0.4) is 0 Å². The molecule has 2 saturated carbocycles. The van der Waals surface area contributed by atoms with Crippen molar-refractivity contribution in [2.75, 3.05) is 0 Å². The van der Waals surface area contributed by atoms with E-state index in [9.17, 15) is 14.7 Å². The van der Waals surface area contributed by atoms with Gasteiger partial charge < -0.3 is 10.4 Å². The number of benzene rings is 2. The number of hydrogen-bond acceptors (Lipinski definition) is 2. The number of hydrogen-bond donors (Lipinski definition) is 2. The summed E-state index contributed by atoms with van der Waals surface area (Å²) in [6, 6.07) is 14.5. The molecule has 4 nitrogen and oxygen atoms in total. The quantitative estimate of drug-likeness (QED) is 0.905. The molecule has 2 N–H and O–H groups in total. The van der Waals surface area contributed by atoms with Crippen LogP contribution in [0.4, 0.5) is 0 Å². The van der Waals surface area contributed by atoms with Gasteiger partial charge in [0, 0.05) is 5.92 Å². The summed E-state index contributed by atoms with van der Waals surface area (Å²) < 4.78 is 0. The molecule has 2 fully saturated rings. The van der Waals surface area contributed by atoms with Gasteiger partial charge in [0.25, 0.3) is 0 Å². The topological polar surface area (TPSA) is 66.4 Å². The standard InChI is InChI=1S/C20H21NO3/c22-18(21-20(19(23)24)9-3-4-10-20)17-12-16(17)15-8-7-13-5-1-2-6-14(13)11-15/h1-2,5-8,11,16-17H,3-4,9-10,12H2,(H,21,22)(H,23,24). The second-order valence-corrected chi connectivity index (χ2v) is 7.14. The number of fused-ring (bicyclic) bond motifs is 1. The Kier molecular flexibility index (Phi) is 3.56. The van der Waals surface area contributed by atoms with E-state index in [2.05, 4.69) is 35.6 Å². The fraction of sp³-hybridized carbons (Fsp3) is 0.400. The van der Waals surface area contributed by atoms with Gasteiger partial charge in [-0.2, -0.15) is 0 Å². The summed E-state index contributed by atoms with van der Waals surface area (Å²) in [5.74, 6) is -0.876. The van der Waals surface area contributed by atoms with Gasteiger partial charge in [0.1, 0.15) is 5.54 Å². The van der Waals surface area contributed by atoms with Gasteiger partial charge in [0.15, 0.2) is 0 Å². The molecule has 124 valence electrons. The Labute approximate surface area is 140 Å². The summed E-state index contributed by atoms with van der Waals surface area (Å²) in [6.07, 6.45) is 3.62. The summed E-state index contributed by atoms with van der Waals surface area (Å²) in [6.45, 7) is 0. The van der Waals surface area contributed by atoms with Crippen molar-refractivity contribution in [2.45, 2.75) is 43.6 Å². The average molecular weight is 323 g/mol. The van der Waals surface area contributed by atoms with Gasteiger partial charge in [-0.1, -0.05) is 55.3 Å². The van der Waals surface area contributed by atoms with Crippen molar-refractivity contribution < 1.29 is 14.7 Å². The predicted octanol–water partition coefficient (Wildman–Crippen LogP) is 3.46. The van der Waals surface area contributed by atoms with Crippen LogP contribution in [0.1, 0.15) is 43.6 Å². The summed E-state index contributed by atoms with van der Waals surface area (Å²) >= 11 is 0. The highest BCUT2D eigenvalue weighted by Crippen LogP contribution is 2.48. The Hall–Kier alpha value is -2.36. The lowest BCUT2D eigenvalue weighted by Crippen LogP contribution is -2.53. The van der Waals surface area contributed by atoms with E-state index < -0.39 is 11.5 Å². The summed E-state index contributed by atoms with van der Waals surface area (Å²) in [5, 5.41) is 14.7. The van der Waals surface area contributed by atoms with Crippen molar-refractivity contribution in [1.29, 1.82) is 0 Å². The fourth-order valence-electron chi connectivity index (χ4n) is 3.99. The van der Waals surface area contributed by atoms with E-state index in [1.165, 1.54) is 16.3 Å². The van der Waals surface area contributed by atoms with Crippen molar-refractivity contribution in [3.63, 3.8) is 0 Å². The normalized spacial score (nSPS) is 24.7. The average Bonchev–Trinajstić information content (AvgIpc) is 3.26. The number of amides is 1. The molecule has 0 radical (unpaired) electrons. The predicted molar refractivity (Wildman–Crippen MR) is 91.8 cm³/mol. The molecule has 2 aliphatic carbocycles. The Bertz CT molecular complexity index is 807. The maximum atomic E-state index is 12.5. The Morgan fingerprint density at radius 1 is 1.04 bits per heavy atom. The van der Waals surface area contributed by atoms with E-state index in [1.807, 2.05) is 12.1 Å². The number of carboxylic acids is 1. The van der Waals surface area contributed by atoms with Gasteiger partial charge in [-0.3, -0.25) is 4.79 Å². The highest BCUT2D eigenvalue weighted by Gasteiger charge is 2.49. The van der Waals surface area contributed by atoms with Crippen molar-refractivity contribution in [3.05, 3.63) is 48.0 Å². The van der Waals surface area contributed by atoms with E-state index in [-0.39, 0.29) is 17.7 Å². The number of aliphatic carboxylic acids is 1. The molecule has 0 saturated heterocycles. The lowest BCUT2D eigenvalue weighted by molar-refractivity contribution is -0.147. The summed E-state index contributed by atoms with van der Waals surface area (Å²) in [4.78, 5) is 24.1. The molecule has 4 rings (SSSR count). The smallest absolute Gasteiger partial charge is 0.329 e. The highest BCUT2D eigenvalue weighted by atomic mass is 16.4. The van der Waals surface area contributed by atoms with Gasteiger partial charge in [-0.15, -0.1) is 0 Å². The third-order valence-corrected chi connectivity index (χ3v) is 5.56. The van der Waals surface area contributed by atoms with Crippen LogP contribution < -0.4 is 5.32 Å². The first kappa shape index (κ1) is 15.2. The third-order valence-electron chi connectivity index (χ3n) is 5.56. The lowest BCUT2D eigenvalue weighted by Gasteiger charge is -2.25. The molecule has 2 aromatic rings. The zero-order valence-corrected chi connectivity index (χ0v) is 13.5. The number of nitrogens with one attached hydrogen (secondary N) is 1. The minimum Gasteiger partial charge on any atom is -0.480 e. The largest absolute Gasteiger partial charge is 0.480 e. The van der Waals surface area contributed by atoms with Crippen LogP contribution in [-0.2, 0) is 9.59 Å². The number of carbonyl (C=O) groups excluding carboxylic acids is 1. The summed E-state index contributed by atoms with van der Waals surface area (Å²) in [5.41, 5.74) is 0.137. The van der Waals surface area contributed by atoms with E-state index >= 15 is 0 Å². The maximum Gasteiger partial charge on any atom is 0.329 e. The second kappa shape index (κ2) is 5.62. The first-order valence-corrected chi connectivity index (χ1v) is 8.63. The third kappa shape index (κ3) is 2.56. The molecule has 1 amide bonds. The fourth-order valence-corrected chi connectivity index (χ4v) is 3.99. The minimum atomic E-state index is -1.03. The minimum absolute atomic E-state index is 0.0945. The molecule has 2 atom stereocenters. The lowest BCUT2D eigenvalue weighted by atomic mass is 9.97. The molecule has 2 aliphatic rings. The van der Waals surface area contributed by atoms with Crippen LogP contribution in [0.15, 0.2) is 42.5 Å². The molecular formula is C20H21NO3. The van der Waals surface area contributed by atoms with E-state index in [4.69, 9.17) is 0 Å². The van der Waals surface area contributed by atoms with Gasteiger partial charge >= 0.3 is 5.97 Å². The monoisotopic (exact) mass is 323 g/mol. The Morgan fingerprint density at radius 2 is 1.75 bits per heavy atom. The van der Waals surface area contributed by atoms with E-state index in [0.29, 0.717) is 12.8 Å². The maximum absolute atomic E-state index is 12.5. The first-order chi connectivity index (χ1) is 11.6. The van der Waals surface area contributed by atoms with Crippen LogP contribution >= 0.6 is 0 Å². The highest BCUT2D eigenvalue weighted by molar-refractivity contribution is 5.90. The van der Waals surface area contributed by atoms with Crippen LogP contribution in [0, 0.1) is 5.92 Å². The molecule has 0 heterocycles. The Balaban J connectivity index is 1.48. The molecule has 0 bridgehead atoms. The zero-order valence-electron chi connectivity index (χ0n) is 13.5. The first-order valence-electron chi connectivity index (χ1n) is 8.63. The van der Waals surface area contributed by atoms with Gasteiger partial charge in [-0.05, 0) is 41.5 Å². The van der Waals surface area contributed by atoms with Crippen molar-refractivity contribution in [3.8, 4) is 0 Å². The molecule has 0 aromatic heterocycles. The van der Waals surface area contributed by atoms with Crippen LogP contribution in [0.25, 0.3) is 10.8 Å². The molecular weight excluding hydrogens is 302 g/mol. The Morgan fingerprint density at radius 3 is 2.46 bits per heavy atom. The van der Waals surface area contributed by atoms with E-state index in [0.717, 1.165) is 19.3 Å². The van der Waals surface area contributed by atoms with E-state index in [1.54, 1.807) is 0 Å². The molecule has 0 spiro atoms. The SMILES string of the molecule is O=C(NC1(C(=O)O)CCCC1)C1CC1c1ccc2ccccc2c1. The van der Waals surface area contributed by atoms with Gasteiger partial charge in [0.2, 0.25) is 5.91 Å². The molecule has 24 heavy (non-hydrogen) atoms. The zero-order chi connectivity index (χ0) is 16.7. The molecule has 4 heteroatoms. The molecule has 0 aliphatic heterocycles. The van der Waals surface area contributed by atoms with Crippen molar-refractivity contribution in [2.24, 2.45) is 5.92 Å². The van der Waals surface area contributed by atoms with Crippen LogP contribution in [0.2, 0.25) is 0 Å². The van der Waals surface area contributed by atoms with Crippen molar-refractivity contribution >= 4 is 22.6 Å². The second-order valence-electron chi connectivity index (χ2n) is 7.14. The van der Waals surface area contributed by atoms with Gasteiger partial charge in [0.05, 0.1) is 0 Å². The number of carboxylic acid groups (broad SMARTS) is 1. The summed E-state index contributed by atoms with van der Waals surface area (Å²) in [7, 11) is 0. The molecule has 2 aromatic carbocycles. The molecule has 2 unspecified atom stereocenters. The van der Waals surface area contributed by atoms with Gasteiger partial charge in [-0.25, -0.2) is 4.79 Å². The van der Waals surface area contributed by atoms with Crippen LogP contribution in [0.5, 0.6) is 0 Å². The van der Waals surface area contributed by atoms with Crippen LogP contribution in [-0.4, -0.2) is 22.5 Å². The number of carbonyl (C=O) groups is 2. The van der Waals surface area contributed by atoms with Crippen molar-refractivity contribution in [1.82, 2.24) is 5.32 Å². The number of rotatable bonds is 4.